The Labute approximate surface area is 211 Å². The number of amides is 1. The molecule has 0 spiro atoms. The number of nitrogens with zero attached hydrogens (tertiary/aromatic N) is 1. The number of carbonyl (C=O) groups is 2. The standard InChI is InChI=1S/C30H30N2O4/c1-35-29(33)14-6-3-9-19-31-30(34)27-20-28(25-12-7-8-13-26(25)32-27)36-21-22-15-17-24(18-16-22)23-10-4-2-5-11-23/h2,4-5,7-8,10-13,15-18,20H,3,6,9,14,19,21H2,1H3,(H,31,34). The summed E-state index contributed by atoms with van der Waals surface area (Å²) in [7, 11) is 1.39. The molecule has 0 atom stereocenters. The Morgan fingerprint density at radius 2 is 1.56 bits per heavy atom. The number of rotatable bonds is 11. The van der Waals surface area contributed by atoms with Crippen LogP contribution in [0.4, 0.5) is 0 Å². The van der Waals surface area contributed by atoms with Crippen LogP contribution in [-0.2, 0) is 16.1 Å². The minimum absolute atomic E-state index is 0.209. The molecule has 0 aliphatic heterocycles. The summed E-state index contributed by atoms with van der Waals surface area (Å²) < 4.78 is 10.8. The maximum absolute atomic E-state index is 12.8. The third-order valence-corrected chi connectivity index (χ3v) is 5.94. The normalized spacial score (nSPS) is 10.7. The van der Waals surface area contributed by atoms with Crippen molar-refractivity contribution >= 4 is 22.8 Å². The van der Waals surface area contributed by atoms with E-state index in [1.165, 1.54) is 12.7 Å². The van der Waals surface area contributed by atoms with Crippen molar-refractivity contribution in [2.24, 2.45) is 0 Å². The molecule has 0 saturated heterocycles. The van der Waals surface area contributed by atoms with E-state index in [1.54, 1.807) is 6.07 Å². The summed E-state index contributed by atoms with van der Waals surface area (Å²) in [5.41, 5.74) is 4.38. The molecule has 0 aliphatic rings. The zero-order chi connectivity index (χ0) is 25.2. The van der Waals surface area contributed by atoms with Crippen molar-refractivity contribution in [1.82, 2.24) is 10.3 Å². The molecule has 4 rings (SSSR count). The van der Waals surface area contributed by atoms with Crippen LogP contribution in [0.3, 0.4) is 0 Å². The molecule has 1 amide bonds. The van der Waals surface area contributed by atoms with Crippen LogP contribution < -0.4 is 10.1 Å². The van der Waals surface area contributed by atoms with Crippen molar-refractivity contribution in [2.75, 3.05) is 13.7 Å². The lowest BCUT2D eigenvalue weighted by atomic mass is 10.0. The molecule has 4 aromatic rings. The quantitative estimate of drug-likeness (QED) is 0.211. The number of unbranched alkanes of at least 4 members (excludes halogenated alkanes) is 2. The van der Waals surface area contributed by atoms with Crippen LogP contribution in [0, 0.1) is 0 Å². The Kier molecular flexibility index (Phi) is 8.65. The molecule has 0 saturated carbocycles. The van der Waals surface area contributed by atoms with Gasteiger partial charge in [0.1, 0.15) is 18.1 Å². The van der Waals surface area contributed by atoms with Crippen molar-refractivity contribution < 1.29 is 19.1 Å². The summed E-state index contributed by atoms with van der Waals surface area (Å²) in [6.45, 7) is 0.892. The van der Waals surface area contributed by atoms with Crippen LogP contribution in [0.1, 0.15) is 41.7 Å². The summed E-state index contributed by atoms with van der Waals surface area (Å²) in [6.07, 6.45) is 2.74. The molecule has 1 heterocycles. The molecule has 6 nitrogen and oxygen atoms in total. The minimum atomic E-state index is -0.245. The Hall–Kier alpha value is -4.19. The maximum Gasteiger partial charge on any atom is 0.305 e. The molecule has 0 bridgehead atoms. The van der Waals surface area contributed by atoms with Gasteiger partial charge in [-0.2, -0.15) is 0 Å². The summed E-state index contributed by atoms with van der Waals surface area (Å²) in [5.74, 6) is 0.167. The van der Waals surface area contributed by atoms with E-state index in [0.717, 1.165) is 35.8 Å². The Bertz CT molecular complexity index is 1300. The van der Waals surface area contributed by atoms with Gasteiger partial charge in [0.05, 0.1) is 12.6 Å². The van der Waals surface area contributed by atoms with Gasteiger partial charge in [-0.3, -0.25) is 9.59 Å². The fourth-order valence-electron chi connectivity index (χ4n) is 3.93. The molecule has 0 unspecified atom stereocenters. The van der Waals surface area contributed by atoms with Crippen LogP contribution in [0.5, 0.6) is 5.75 Å². The number of hydrogen-bond donors (Lipinski definition) is 1. The lowest BCUT2D eigenvalue weighted by molar-refractivity contribution is -0.140. The number of carbonyl (C=O) groups excluding carboxylic acids is 2. The smallest absolute Gasteiger partial charge is 0.305 e. The number of aromatic nitrogens is 1. The highest BCUT2D eigenvalue weighted by atomic mass is 16.5. The first-order valence-corrected chi connectivity index (χ1v) is 12.2. The second kappa shape index (κ2) is 12.5. The molecule has 0 fully saturated rings. The summed E-state index contributed by atoms with van der Waals surface area (Å²) in [4.78, 5) is 28.5. The highest BCUT2D eigenvalue weighted by Crippen LogP contribution is 2.27. The average Bonchev–Trinajstić information content (AvgIpc) is 2.93. The fourth-order valence-corrected chi connectivity index (χ4v) is 3.93. The van der Waals surface area contributed by atoms with Crippen molar-refractivity contribution in [2.45, 2.75) is 32.3 Å². The van der Waals surface area contributed by atoms with Gasteiger partial charge in [-0.25, -0.2) is 4.98 Å². The van der Waals surface area contributed by atoms with Gasteiger partial charge in [0, 0.05) is 24.4 Å². The van der Waals surface area contributed by atoms with E-state index in [0.29, 0.717) is 36.5 Å². The van der Waals surface area contributed by atoms with Gasteiger partial charge in [0.15, 0.2) is 0 Å². The van der Waals surface area contributed by atoms with Crippen molar-refractivity contribution in [3.63, 3.8) is 0 Å². The number of fused-ring (bicyclic) bond motifs is 1. The SMILES string of the molecule is COC(=O)CCCCCNC(=O)c1cc(OCc2ccc(-c3ccccc3)cc2)c2ccccc2n1. The van der Waals surface area contributed by atoms with Crippen LogP contribution in [0.2, 0.25) is 0 Å². The predicted molar refractivity (Wildman–Crippen MR) is 141 cm³/mol. The van der Waals surface area contributed by atoms with Gasteiger partial charge in [-0.15, -0.1) is 0 Å². The lowest BCUT2D eigenvalue weighted by Gasteiger charge is -2.12. The molecule has 1 aromatic heterocycles. The molecular formula is C30H30N2O4. The zero-order valence-corrected chi connectivity index (χ0v) is 20.4. The van der Waals surface area contributed by atoms with Gasteiger partial charge >= 0.3 is 5.97 Å². The first kappa shape index (κ1) is 24.9. The van der Waals surface area contributed by atoms with Gasteiger partial charge in [-0.05, 0) is 41.7 Å². The third kappa shape index (κ3) is 6.69. The van der Waals surface area contributed by atoms with Crippen molar-refractivity contribution in [3.8, 4) is 16.9 Å². The van der Waals surface area contributed by atoms with E-state index in [1.807, 2.05) is 42.5 Å². The van der Waals surface area contributed by atoms with Gasteiger partial charge in [0.25, 0.3) is 5.91 Å². The van der Waals surface area contributed by atoms with E-state index < -0.39 is 0 Å². The van der Waals surface area contributed by atoms with Gasteiger partial charge in [0.2, 0.25) is 0 Å². The van der Waals surface area contributed by atoms with E-state index in [4.69, 9.17) is 4.74 Å². The molecule has 6 heteroatoms. The molecule has 36 heavy (non-hydrogen) atoms. The topological polar surface area (TPSA) is 77.5 Å². The molecule has 0 aliphatic carbocycles. The molecule has 184 valence electrons. The Balaban J connectivity index is 1.39. The fraction of sp³-hybridized carbons (Fsp3) is 0.233. The molecular weight excluding hydrogens is 452 g/mol. The zero-order valence-electron chi connectivity index (χ0n) is 20.4. The first-order valence-electron chi connectivity index (χ1n) is 12.2. The highest BCUT2D eigenvalue weighted by molar-refractivity contribution is 5.97. The molecule has 1 N–H and O–H groups in total. The number of pyridine rings is 1. The third-order valence-electron chi connectivity index (χ3n) is 5.94. The van der Waals surface area contributed by atoms with Crippen LogP contribution in [0.15, 0.2) is 84.9 Å². The second-order valence-electron chi connectivity index (χ2n) is 8.52. The van der Waals surface area contributed by atoms with Crippen LogP contribution >= 0.6 is 0 Å². The number of methoxy groups -OCH3 is 1. The lowest BCUT2D eigenvalue weighted by Crippen LogP contribution is -2.25. The van der Waals surface area contributed by atoms with Crippen LogP contribution in [0.25, 0.3) is 22.0 Å². The molecule has 3 aromatic carbocycles. The van der Waals surface area contributed by atoms with Gasteiger partial charge < -0.3 is 14.8 Å². The monoisotopic (exact) mass is 482 g/mol. The molecule has 0 radical (unpaired) electrons. The number of nitrogens with one attached hydrogen (secondary N) is 1. The van der Waals surface area contributed by atoms with Crippen molar-refractivity contribution in [3.05, 3.63) is 96.2 Å². The van der Waals surface area contributed by atoms with E-state index in [9.17, 15) is 9.59 Å². The van der Waals surface area contributed by atoms with E-state index >= 15 is 0 Å². The van der Waals surface area contributed by atoms with E-state index in [-0.39, 0.29) is 11.9 Å². The van der Waals surface area contributed by atoms with E-state index in [2.05, 4.69) is 51.4 Å². The largest absolute Gasteiger partial charge is 0.488 e. The van der Waals surface area contributed by atoms with Crippen molar-refractivity contribution in [1.29, 1.82) is 0 Å². The minimum Gasteiger partial charge on any atom is -0.488 e. The summed E-state index contributed by atoms with van der Waals surface area (Å²) >= 11 is 0. The number of ether oxygens (including phenoxy) is 2. The maximum atomic E-state index is 12.8. The number of para-hydroxylation sites is 1. The number of hydrogen-bond acceptors (Lipinski definition) is 5. The van der Waals surface area contributed by atoms with Crippen LogP contribution in [-0.4, -0.2) is 30.5 Å². The first-order chi connectivity index (χ1) is 17.6. The highest BCUT2D eigenvalue weighted by Gasteiger charge is 2.13. The number of esters is 1. The summed E-state index contributed by atoms with van der Waals surface area (Å²) in [6, 6.07) is 27.9. The predicted octanol–water partition coefficient (Wildman–Crippen LogP) is 5.94. The second-order valence-corrected chi connectivity index (χ2v) is 8.52. The Morgan fingerprint density at radius 3 is 2.33 bits per heavy atom. The summed E-state index contributed by atoms with van der Waals surface area (Å²) in [5, 5.41) is 3.77. The van der Waals surface area contributed by atoms with Gasteiger partial charge in [-0.1, -0.05) is 73.2 Å². The number of benzene rings is 3. The average molecular weight is 483 g/mol. The Morgan fingerprint density at radius 1 is 0.833 bits per heavy atom.